The van der Waals surface area contributed by atoms with E-state index < -0.39 is 368 Å². The third kappa shape index (κ3) is 32.0. The third-order valence-corrected chi connectivity index (χ3v) is 19.5. The van der Waals surface area contributed by atoms with Gasteiger partial charge < -0.3 is 191 Å². The molecule has 0 unspecified atom stereocenters. The number of rotatable bonds is 48. The summed E-state index contributed by atoms with van der Waals surface area (Å²) in [5.41, 5.74) is 10.7. The molecule has 4 fully saturated rings. The SMILES string of the molecule is CC(=O)NCC(=O)N[C@@H](CCC(N)=O)C(=O)N[C@@H](CC(=O)N[C@@H]1O[C@H](CO[C@@H]2O[C@@H](C)[C@@H](O)[C@@H](O)[C@@H]2O)[C@@H](O[C@@H]2O[C@H](CO)[C@@H](O)[C@H](O)[C@H]2NC(C)=O)[C@H](O)[C@H]1NC(C)=O)C(=O)N[C@@H](CC(=O)O)C(=O)N[C@H](C(=O)N[C@@H](CO)C(=O)N[C@@H](CCC(N)=O)C(=O)N[C@H](C(=O)N[C@@H](CO)C(=O)N[C@@H](CO)C(=O)N1CCC[C@H]1C(=O)N[C@@H](CO)C(=O)O)[C@@H](C)O)[C@@H](C)O. The molecule has 17 amide bonds. The van der Waals surface area contributed by atoms with E-state index in [2.05, 4.69) is 37.2 Å². The average molecular weight is 1800 g/mol. The lowest BCUT2D eigenvalue weighted by Crippen LogP contribution is -2.71. The quantitative estimate of drug-likeness (QED) is 0.0269. The molecule has 4 aliphatic heterocycles. The molecule has 4 saturated heterocycles. The second kappa shape index (κ2) is 50.4. The van der Waals surface area contributed by atoms with Crippen molar-refractivity contribution in [3.63, 3.8) is 0 Å². The number of hydrogen-bond donors (Lipinski definition) is 31. The van der Waals surface area contributed by atoms with Crippen LogP contribution >= 0.6 is 0 Å². The summed E-state index contributed by atoms with van der Waals surface area (Å²) in [6.07, 6.45) is -34.7. The standard InChI is InChI=1S/C69H111N17O39/c1-23(92)45(63(116)80-34(18-88)61(114)81-35(19-89)66(118)86-13-7-8-37(86)62(115)82-36(20-90)67(119)120)84-57(110)30(10-12-41(71)98)76-60(113)33(17-87)79-64(117)46(24(2)93)85-59(112)32(15-44(101)102)78-58(111)31(77-56(109)29(9-11-40(70)97)75-43(100)16-72-26(4)94)14-42(99)83-65-47(73-27(5)95)52(106)55(39(123-65)22-121-69-54(108)53(107)49(103)25(3)122-69)125-68-48(74-28(6)96)51(105)50(104)38(21-91)124-68/h23-25,29-39,45-55,65,68-69,87-93,103-108H,7-22H2,1-6H3,(H2,70,97)(H2,71,98)(H,72,94)(H,73,95)(H,74,96)(H,75,100)(H,76,113)(H,77,109)(H,78,111)(H,79,117)(H,80,116)(H,81,114)(H,82,115)(H,83,99)(H,84,110)(H,85,112)(H,101,102)(H,119,120)/t23-,24-,25+,29+,30+,31+,32+,33+,34+,35+,36+,37+,38-,39-,45+,46+,47-,48-,49-,50-,51-,52-,53-,54+,55-,65-,68+,69-/m1/s1. The predicted octanol–water partition coefficient (Wildman–Crippen LogP) is -19.9. The number of nitrogens with zero attached hydrogens (tertiary/aromatic N) is 1. The molecule has 0 aromatic rings. The summed E-state index contributed by atoms with van der Waals surface area (Å²) in [5.74, 6) is -25.7. The van der Waals surface area contributed by atoms with Gasteiger partial charge in [0.05, 0.1) is 77.3 Å². The summed E-state index contributed by atoms with van der Waals surface area (Å²) in [4.78, 5) is 253. The number of primary amides is 2. The number of carbonyl (C=O) groups is 19. The molecule has 0 radical (unpaired) electrons. The molecular formula is C69H111N17O39. The second-order valence-electron chi connectivity index (χ2n) is 29.4. The Kier molecular flexibility index (Phi) is 42.9. The lowest BCUT2D eigenvalue weighted by molar-refractivity contribution is -0.329. The van der Waals surface area contributed by atoms with Crippen LogP contribution < -0.4 is 85.9 Å². The molecule has 4 rings (SSSR count). The van der Waals surface area contributed by atoms with Gasteiger partial charge in [-0.25, -0.2) is 4.79 Å². The van der Waals surface area contributed by atoms with Gasteiger partial charge in [-0.2, -0.15) is 0 Å². The van der Waals surface area contributed by atoms with E-state index in [0.717, 1.165) is 39.5 Å². The van der Waals surface area contributed by atoms with Gasteiger partial charge in [-0.15, -0.1) is 0 Å². The van der Waals surface area contributed by atoms with Gasteiger partial charge in [0.2, 0.25) is 100 Å². The Labute approximate surface area is 708 Å². The summed E-state index contributed by atoms with van der Waals surface area (Å²) in [6, 6.07) is -26.7. The van der Waals surface area contributed by atoms with Gasteiger partial charge in [-0.3, -0.25) is 86.3 Å². The molecule has 0 aromatic heterocycles. The van der Waals surface area contributed by atoms with Crippen molar-refractivity contribution >= 4 is 112 Å². The van der Waals surface area contributed by atoms with E-state index >= 15 is 0 Å². The number of carboxylic acids is 2. The predicted molar refractivity (Wildman–Crippen MR) is 405 cm³/mol. The number of aliphatic hydroxyl groups is 13. The van der Waals surface area contributed by atoms with E-state index in [9.17, 15) is 168 Å². The van der Waals surface area contributed by atoms with Gasteiger partial charge in [0, 0.05) is 40.2 Å². The van der Waals surface area contributed by atoms with Crippen LogP contribution in [-0.2, 0) is 115 Å². The van der Waals surface area contributed by atoms with E-state index in [0.29, 0.717) is 0 Å². The molecular weight excluding hydrogens is 1690 g/mol. The largest absolute Gasteiger partial charge is 0.481 e. The van der Waals surface area contributed by atoms with Gasteiger partial charge in [-0.05, 0) is 46.5 Å². The van der Waals surface area contributed by atoms with E-state index in [1.807, 2.05) is 37.2 Å². The number of amides is 17. The van der Waals surface area contributed by atoms with Crippen LogP contribution in [-0.4, -0.2) is 417 Å². The average Bonchev–Trinajstić information content (AvgIpc) is 0.836. The summed E-state index contributed by atoms with van der Waals surface area (Å²) < 4.78 is 29.3. The maximum atomic E-state index is 14.8. The number of carbonyl (C=O) groups excluding carboxylic acids is 17. The molecule has 4 heterocycles. The second-order valence-corrected chi connectivity index (χ2v) is 29.4. The molecule has 125 heavy (non-hydrogen) atoms. The van der Waals surface area contributed by atoms with Crippen molar-refractivity contribution in [3.8, 4) is 0 Å². The fraction of sp³-hybridized carbons (Fsp3) is 0.725. The Morgan fingerprint density at radius 2 is 0.928 bits per heavy atom. The zero-order valence-electron chi connectivity index (χ0n) is 68.1. The number of aliphatic hydroxyl groups excluding tert-OH is 13. The minimum absolute atomic E-state index is 0.0316. The molecule has 0 aliphatic carbocycles. The van der Waals surface area contributed by atoms with Crippen LogP contribution in [0.2, 0.25) is 0 Å². The molecule has 0 spiro atoms. The van der Waals surface area contributed by atoms with Crippen LogP contribution in [0.3, 0.4) is 0 Å². The monoisotopic (exact) mass is 1800 g/mol. The fourth-order valence-electron chi connectivity index (χ4n) is 12.9. The molecule has 33 N–H and O–H groups in total. The van der Waals surface area contributed by atoms with E-state index in [4.69, 9.17) is 35.2 Å². The Bertz CT molecular complexity index is 3810. The number of likely N-dealkylation sites (tertiary alicyclic amines) is 1. The zero-order chi connectivity index (χ0) is 94.5. The molecule has 28 atom stereocenters. The molecule has 0 aromatic carbocycles. The molecule has 706 valence electrons. The van der Waals surface area contributed by atoms with Crippen molar-refractivity contribution in [2.75, 3.05) is 52.7 Å². The number of aliphatic carboxylic acids is 2. The molecule has 0 saturated carbocycles. The lowest BCUT2D eigenvalue weighted by Gasteiger charge is -2.49. The smallest absolute Gasteiger partial charge is 0.328 e. The van der Waals surface area contributed by atoms with Gasteiger partial charge in [0.25, 0.3) is 0 Å². The topological polar surface area (TPSA) is 898 Å². The van der Waals surface area contributed by atoms with E-state index in [-0.39, 0.29) is 19.4 Å². The van der Waals surface area contributed by atoms with Gasteiger partial charge >= 0.3 is 11.9 Å². The highest BCUT2D eigenvalue weighted by Crippen LogP contribution is 2.31. The van der Waals surface area contributed by atoms with Crippen LogP contribution in [0.5, 0.6) is 0 Å². The Hall–Kier alpha value is -10.8. The Morgan fingerprint density at radius 3 is 1.41 bits per heavy atom. The molecule has 56 heteroatoms. The third-order valence-electron chi connectivity index (χ3n) is 19.5. The minimum Gasteiger partial charge on any atom is -0.481 e. The summed E-state index contributed by atoms with van der Waals surface area (Å²) in [7, 11) is 0. The van der Waals surface area contributed by atoms with Gasteiger partial charge in [0.15, 0.2) is 18.8 Å². The Morgan fingerprint density at radius 1 is 0.464 bits per heavy atom. The molecule has 4 aliphatic rings. The number of hydrogen-bond acceptors (Lipinski definition) is 37. The van der Waals surface area contributed by atoms with E-state index in [1.165, 1.54) is 6.92 Å². The lowest BCUT2D eigenvalue weighted by atomic mass is 9.93. The molecule has 0 bridgehead atoms. The highest BCUT2D eigenvalue weighted by atomic mass is 16.7. The summed E-state index contributed by atoms with van der Waals surface area (Å²) >= 11 is 0. The van der Waals surface area contributed by atoms with Crippen molar-refractivity contribution in [1.29, 1.82) is 0 Å². The number of carboxylic acid groups (broad SMARTS) is 2. The maximum absolute atomic E-state index is 14.8. The fourth-order valence-corrected chi connectivity index (χ4v) is 12.9. The minimum atomic E-state index is -2.52. The van der Waals surface area contributed by atoms with Crippen LogP contribution in [0.1, 0.15) is 92.9 Å². The Balaban J connectivity index is 1.67. The van der Waals surface area contributed by atoms with Crippen molar-refractivity contribution in [3.05, 3.63) is 0 Å². The first-order chi connectivity index (χ1) is 58.5. The first kappa shape index (κ1) is 107. The van der Waals surface area contributed by atoms with Crippen LogP contribution in [0.15, 0.2) is 0 Å². The van der Waals surface area contributed by atoms with Crippen molar-refractivity contribution in [1.82, 2.24) is 79.3 Å². The van der Waals surface area contributed by atoms with Crippen LogP contribution in [0.4, 0.5) is 0 Å². The molecule has 56 nitrogen and oxygen atoms in total. The van der Waals surface area contributed by atoms with E-state index in [1.54, 1.807) is 0 Å². The normalized spacial score (nSPS) is 26.3. The zero-order valence-corrected chi connectivity index (χ0v) is 68.1. The number of nitrogens with one attached hydrogen (secondary N) is 14. The van der Waals surface area contributed by atoms with Crippen molar-refractivity contribution in [2.24, 2.45) is 11.5 Å². The number of nitrogens with two attached hydrogens (primary N) is 2. The highest BCUT2D eigenvalue weighted by Gasteiger charge is 2.54. The van der Waals surface area contributed by atoms with Gasteiger partial charge in [0.1, 0.15) is 133 Å². The first-order valence-corrected chi connectivity index (χ1v) is 38.7. The number of ether oxygens (including phenoxy) is 5. The summed E-state index contributed by atoms with van der Waals surface area (Å²) in [6.45, 7) is -2.08. The van der Waals surface area contributed by atoms with Crippen molar-refractivity contribution in [2.45, 2.75) is 264 Å². The van der Waals surface area contributed by atoms with Crippen molar-refractivity contribution < 1.29 is 191 Å². The first-order valence-electron chi connectivity index (χ1n) is 38.7. The van der Waals surface area contributed by atoms with Crippen LogP contribution in [0, 0.1) is 0 Å². The summed E-state index contributed by atoms with van der Waals surface area (Å²) in [5, 5.41) is 187. The maximum Gasteiger partial charge on any atom is 0.328 e. The van der Waals surface area contributed by atoms with Crippen LogP contribution in [0.25, 0.3) is 0 Å². The highest BCUT2D eigenvalue weighted by molar-refractivity contribution is 6.01. The van der Waals surface area contributed by atoms with Gasteiger partial charge in [-0.1, -0.05) is 0 Å².